The Hall–Kier alpha value is -3.54. The van der Waals surface area contributed by atoms with Crippen LogP contribution in [0, 0.1) is 11.8 Å². The Labute approximate surface area is 207 Å². The lowest BCUT2D eigenvalue weighted by Gasteiger charge is -2.19. The van der Waals surface area contributed by atoms with Crippen LogP contribution >= 0.6 is 0 Å². The molecule has 1 aromatic rings. The zero-order valence-electron chi connectivity index (χ0n) is 21.2. The van der Waals surface area contributed by atoms with E-state index in [0.717, 1.165) is 12.8 Å². The van der Waals surface area contributed by atoms with Gasteiger partial charge in [0, 0.05) is 32.1 Å². The van der Waals surface area contributed by atoms with Crippen LogP contribution in [-0.2, 0) is 19.1 Å². The number of likely N-dealkylation sites (N-methyl/N-ethyl adjacent to an activating group) is 1. The average Bonchev–Trinajstić information content (AvgIpc) is 2.86. The minimum atomic E-state index is -0.523. The molecule has 1 heterocycles. The predicted molar refractivity (Wildman–Crippen MR) is 132 cm³/mol. The number of carbonyl (C=O) groups is 4. The molecule has 1 aliphatic rings. The van der Waals surface area contributed by atoms with E-state index >= 15 is 0 Å². The predicted octanol–water partition coefficient (Wildman–Crippen LogP) is 3.10. The molecule has 9 heteroatoms. The van der Waals surface area contributed by atoms with Crippen LogP contribution in [0.2, 0.25) is 0 Å². The van der Waals surface area contributed by atoms with Gasteiger partial charge in [-0.05, 0) is 58.7 Å². The minimum absolute atomic E-state index is 0.0220. The van der Waals surface area contributed by atoms with Crippen LogP contribution in [0.3, 0.4) is 0 Å². The monoisotopic (exact) mass is 485 g/mol. The second kappa shape index (κ2) is 12.8. The highest BCUT2D eigenvalue weighted by atomic mass is 16.6. The van der Waals surface area contributed by atoms with E-state index in [4.69, 9.17) is 9.47 Å². The van der Waals surface area contributed by atoms with Crippen LogP contribution in [-0.4, -0.2) is 67.7 Å². The van der Waals surface area contributed by atoms with Crippen LogP contribution in [0.4, 0.5) is 10.5 Å². The summed E-state index contributed by atoms with van der Waals surface area (Å²) in [4.78, 5) is 51.9. The molecule has 0 saturated carbocycles. The highest BCUT2D eigenvalue weighted by molar-refractivity contribution is 6.09. The summed E-state index contributed by atoms with van der Waals surface area (Å²) >= 11 is 0. The number of anilines is 1. The first-order valence-electron chi connectivity index (χ1n) is 11.8. The summed E-state index contributed by atoms with van der Waals surface area (Å²) in [6.45, 7) is 7.92. The molecule has 1 aromatic carbocycles. The normalized spacial score (nSPS) is 13.4. The molecule has 0 bridgehead atoms. The lowest BCUT2D eigenvalue weighted by Crippen LogP contribution is -2.39. The molecule has 35 heavy (non-hydrogen) atoms. The molecule has 0 atom stereocenters. The number of esters is 1. The van der Waals surface area contributed by atoms with Gasteiger partial charge in [-0.15, -0.1) is 0 Å². The number of nitrogens with zero attached hydrogens (tertiary/aromatic N) is 2. The van der Waals surface area contributed by atoms with Crippen LogP contribution in [0.1, 0.15) is 69.3 Å². The van der Waals surface area contributed by atoms with E-state index in [9.17, 15) is 19.2 Å². The highest BCUT2D eigenvalue weighted by Gasteiger charge is 2.30. The zero-order chi connectivity index (χ0) is 26.0. The summed E-state index contributed by atoms with van der Waals surface area (Å²) in [5, 5.41) is 2.72. The number of nitrogens with one attached hydrogen (secondary N) is 1. The van der Waals surface area contributed by atoms with E-state index < -0.39 is 17.7 Å². The largest absolute Gasteiger partial charge is 0.466 e. The number of amides is 3. The van der Waals surface area contributed by atoms with E-state index in [1.807, 2.05) is 20.8 Å². The Kier molecular flexibility index (Phi) is 10.1. The van der Waals surface area contributed by atoms with Gasteiger partial charge in [-0.1, -0.05) is 11.8 Å². The lowest BCUT2D eigenvalue weighted by molar-refractivity contribution is -0.143. The summed E-state index contributed by atoms with van der Waals surface area (Å²) in [6, 6.07) is 5.18. The summed E-state index contributed by atoms with van der Waals surface area (Å²) < 4.78 is 10.1. The molecule has 0 unspecified atom stereocenters. The first-order chi connectivity index (χ1) is 16.5. The van der Waals surface area contributed by atoms with Crippen molar-refractivity contribution >= 4 is 29.6 Å². The average molecular weight is 486 g/mol. The van der Waals surface area contributed by atoms with Gasteiger partial charge in [0.15, 0.2) is 0 Å². The topological polar surface area (TPSA) is 105 Å². The number of hydrogen-bond acceptors (Lipinski definition) is 6. The van der Waals surface area contributed by atoms with Crippen molar-refractivity contribution in [3.63, 3.8) is 0 Å². The lowest BCUT2D eigenvalue weighted by atomic mass is 10.1. The minimum Gasteiger partial charge on any atom is -0.466 e. The van der Waals surface area contributed by atoms with Gasteiger partial charge < -0.3 is 24.6 Å². The van der Waals surface area contributed by atoms with Gasteiger partial charge in [0.05, 0.1) is 24.3 Å². The van der Waals surface area contributed by atoms with E-state index in [0.29, 0.717) is 29.8 Å². The number of ether oxygens (including phenoxy) is 2. The maximum atomic E-state index is 13.1. The summed E-state index contributed by atoms with van der Waals surface area (Å²) in [6.07, 6.45) is 1.78. The maximum Gasteiger partial charge on any atom is 0.407 e. The highest BCUT2D eigenvalue weighted by Crippen LogP contribution is 2.26. The van der Waals surface area contributed by atoms with Crippen molar-refractivity contribution in [2.45, 2.75) is 59.0 Å². The van der Waals surface area contributed by atoms with Crippen molar-refractivity contribution in [1.29, 1.82) is 0 Å². The van der Waals surface area contributed by atoms with Crippen molar-refractivity contribution < 1.29 is 28.7 Å². The van der Waals surface area contributed by atoms with Crippen LogP contribution in [0.25, 0.3) is 0 Å². The number of unbranched alkanes of at least 4 members (excludes halogenated alkanes) is 2. The second-order valence-corrected chi connectivity index (χ2v) is 9.15. The Morgan fingerprint density at radius 3 is 2.60 bits per heavy atom. The van der Waals surface area contributed by atoms with Crippen molar-refractivity contribution in [3.05, 3.63) is 29.3 Å². The first-order valence-corrected chi connectivity index (χ1v) is 11.8. The Balaban J connectivity index is 1.97. The third kappa shape index (κ3) is 8.96. The fourth-order valence-corrected chi connectivity index (χ4v) is 3.37. The van der Waals surface area contributed by atoms with E-state index in [-0.39, 0.29) is 37.9 Å². The number of alkyl carbamates (subject to hydrolysis) is 1. The summed E-state index contributed by atoms with van der Waals surface area (Å²) in [5.74, 6) is 5.19. The smallest absolute Gasteiger partial charge is 0.407 e. The molecular weight excluding hydrogens is 450 g/mol. The molecule has 0 aliphatic carbocycles. The Morgan fingerprint density at radius 1 is 1.17 bits per heavy atom. The molecule has 2 rings (SSSR count). The van der Waals surface area contributed by atoms with Gasteiger partial charge in [0.25, 0.3) is 5.91 Å². The molecule has 0 radical (unpaired) electrons. The standard InChI is InChI=1S/C26H35N3O6/c1-6-34-23(31)14-16-29-18-22(30)28(5)21-13-12-19(17-20(21)24(29)32)11-9-7-8-10-15-27-25(33)35-26(2,3)4/h12-13,17H,6-8,10,14-16,18H2,1-5H3,(H,27,33). The van der Waals surface area contributed by atoms with Crippen molar-refractivity contribution in [1.82, 2.24) is 10.2 Å². The van der Waals surface area contributed by atoms with Gasteiger partial charge in [-0.3, -0.25) is 14.4 Å². The quantitative estimate of drug-likeness (QED) is 0.345. The molecular formula is C26H35N3O6. The molecule has 0 spiro atoms. The zero-order valence-corrected chi connectivity index (χ0v) is 21.2. The third-order valence-corrected chi connectivity index (χ3v) is 5.10. The van der Waals surface area contributed by atoms with Crippen LogP contribution in [0.15, 0.2) is 18.2 Å². The molecule has 0 saturated heterocycles. The fourth-order valence-electron chi connectivity index (χ4n) is 3.37. The summed E-state index contributed by atoms with van der Waals surface area (Å²) in [7, 11) is 1.62. The number of carbonyl (C=O) groups excluding carboxylic acids is 4. The van der Waals surface area contributed by atoms with Gasteiger partial charge in [0.2, 0.25) is 5.91 Å². The van der Waals surface area contributed by atoms with Crippen molar-refractivity contribution in [3.8, 4) is 11.8 Å². The number of rotatable bonds is 8. The van der Waals surface area contributed by atoms with Crippen molar-refractivity contribution in [2.24, 2.45) is 0 Å². The van der Waals surface area contributed by atoms with E-state index in [1.54, 1.807) is 32.2 Å². The summed E-state index contributed by atoms with van der Waals surface area (Å²) in [5.41, 5.74) is 1.02. The van der Waals surface area contributed by atoms with Gasteiger partial charge in [-0.25, -0.2) is 4.79 Å². The Bertz CT molecular complexity index is 1000. The SMILES string of the molecule is CCOC(=O)CCN1CC(=O)N(C)c2ccc(C#CCCCCNC(=O)OC(C)(C)C)cc2C1=O. The molecule has 1 aliphatic heterocycles. The Morgan fingerprint density at radius 2 is 1.91 bits per heavy atom. The number of fused-ring (bicyclic) bond motifs is 1. The molecule has 0 fully saturated rings. The molecule has 190 valence electrons. The fraction of sp³-hybridized carbons (Fsp3) is 0.538. The molecule has 9 nitrogen and oxygen atoms in total. The molecule has 0 aromatic heterocycles. The molecule has 1 N–H and O–H groups in total. The second-order valence-electron chi connectivity index (χ2n) is 9.15. The number of hydrogen-bond donors (Lipinski definition) is 1. The van der Waals surface area contributed by atoms with Crippen LogP contribution in [0.5, 0.6) is 0 Å². The van der Waals surface area contributed by atoms with E-state index in [2.05, 4.69) is 17.2 Å². The molecule has 3 amide bonds. The van der Waals surface area contributed by atoms with Crippen molar-refractivity contribution in [2.75, 3.05) is 38.2 Å². The number of benzene rings is 1. The third-order valence-electron chi connectivity index (χ3n) is 5.10. The van der Waals surface area contributed by atoms with Crippen LogP contribution < -0.4 is 10.2 Å². The first kappa shape index (κ1) is 27.7. The van der Waals surface area contributed by atoms with Gasteiger partial charge in [0.1, 0.15) is 12.1 Å². The maximum absolute atomic E-state index is 13.1. The van der Waals surface area contributed by atoms with Gasteiger partial charge >= 0.3 is 12.1 Å². The van der Waals surface area contributed by atoms with Gasteiger partial charge in [-0.2, -0.15) is 0 Å². The van der Waals surface area contributed by atoms with E-state index in [1.165, 1.54) is 9.80 Å².